The summed E-state index contributed by atoms with van der Waals surface area (Å²) < 4.78 is 5.92. The highest BCUT2D eigenvalue weighted by molar-refractivity contribution is 6.05. The molecule has 1 aromatic carbocycles. The Morgan fingerprint density at radius 3 is 2.96 bits per heavy atom. The number of furan rings is 1. The van der Waals surface area contributed by atoms with Crippen molar-refractivity contribution in [3.8, 4) is 0 Å². The molecule has 1 unspecified atom stereocenters. The molecule has 1 saturated heterocycles. The molecule has 3 aromatic rings. The van der Waals surface area contributed by atoms with E-state index in [1.54, 1.807) is 6.33 Å². The number of amides is 1. The van der Waals surface area contributed by atoms with Gasteiger partial charge in [0.1, 0.15) is 17.4 Å². The minimum atomic E-state index is 0.0782. The second kappa shape index (κ2) is 4.68. The van der Waals surface area contributed by atoms with Crippen LogP contribution < -0.4 is 5.32 Å². The Hall–Kier alpha value is -2.63. The summed E-state index contributed by atoms with van der Waals surface area (Å²) in [7, 11) is 0. The van der Waals surface area contributed by atoms with Crippen molar-refractivity contribution in [1.82, 2.24) is 14.9 Å². The van der Waals surface area contributed by atoms with Crippen molar-refractivity contribution in [3.63, 3.8) is 0 Å². The molecule has 23 heavy (non-hydrogen) atoms. The summed E-state index contributed by atoms with van der Waals surface area (Å²) in [6.45, 7) is 0.745. The van der Waals surface area contributed by atoms with Crippen molar-refractivity contribution in [1.29, 1.82) is 0 Å². The topological polar surface area (TPSA) is 71.3 Å². The van der Waals surface area contributed by atoms with E-state index in [9.17, 15) is 4.79 Å². The first-order valence-corrected chi connectivity index (χ1v) is 7.98. The molecular formula is C17H16N4O2. The lowest BCUT2D eigenvalue weighted by Crippen LogP contribution is -2.29. The van der Waals surface area contributed by atoms with E-state index >= 15 is 0 Å². The van der Waals surface area contributed by atoms with E-state index in [2.05, 4.69) is 15.3 Å². The molecule has 1 N–H and O–H groups in total. The average Bonchev–Trinajstić information content (AvgIpc) is 3.23. The van der Waals surface area contributed by atoms with Crippen molar-refractivity contribution < 1.29 is 9.21 Å². The maximum atomic E-state index is 12.1. The molecule has 1 atom stereocenters. The molecule has 0 radical (unpaired) electrons. The first kappa shape index (κ1) is 12.9. The number of fused-ring (bicyclic) bond motifs is 3. The Morgan fingerprint density at radius 2 is 2.09 bits per heavy atom. The monoisotopic (exact) mass is 308 g/mol. The van der Waals surface area contributed by atoms with Gasteiger partial charge in [0.15, 0.2) is 11.4 Å². The largest absolute Gasteiger partial charge is 0.450 e. The third-order valence-corrected chi connectivity index (χ3v) is 4.64. The Morgan fingerprint density at radius 1 is 1.22 bits per heavy atom. The fourth-order valence-electron chi connectivity index (χ4n) is 3.39. The lowest BCUT2D eigenvalue weighted by atomic mass is 10.2. The van der Waals surface area contributed by atoms with Crippen LogP contribution in [-0.4, -0.2) is 39.4 Å². The van der Waals surface area contributed by atoms with Crippen molar-refractivity contribution in [2.45, 2.75) is 31.3 Å². The molecule has 2 aromatic heterocycles. The van der Waals surface area contributed by atoms with Gasteiger partial charge in [0.25, 0.3) is 0 Å². The molecule has 1 aliphatic heterocycles. The molecule has 6 nitrogen and oxygen atoms in total. The van der Waals surface area contributed by atoms with Crippen LogP contribution in [0.1, 0.15) is 19.3 Å². The van der Waals surface area contributed by atoms with Gasteiger partial charge in [-0.1, -0.05) is 12.1 Å². The Balaban J connectivity index is 1.50. The molecule has 6 heteroatoms. The minimum absolute atomic E-state index is 0.0782. The van der Waals surface area contributed by atoms with Crippen molar-refractivity contribution in [2.75, 3.05) is 11.9 Å². The van der Waals surface area contributed by atoms with Gasteiger partial charge in [-0.25, -0.2) is 9.97 Å². The Bertz CT molecular complexity index is 915. The molecule has 2 aliphatic rings. The number of para-hydroxylation sites is 1. The summed E-state index contributed by atoms with van der Waals surface area (Å²) >= 11 is 0. The number of nitrogens with zero attached hydrogens (tertiary/aromatic N) is 3. The first-order chi connectivity index (χ1) is 11.3. The predicted molar refractivity (Wildman–Crippen MR) is 86.1 cm³/mol. The normalized spacial score (nSPS) is 21.5. The van der Waals surface area contributed by atoms with Crippen molar-refractivity contribution in [2.24, 2.45) is 0 Å². The molecule has 1 amide bonds. The fraction of sp³-hybridized carbons (Fsp3) is 0.353. The number of anilines is 1. The van der Waals surface area contributed by atoms with Crippen LogP contribution in [-0.2, 0) is 4.79 Å². The molecular weight excluding hydrogens is 292 g/mol. The van der Waals surface area contributed by atoms with Gasteiger partial charge in [0.05, 0.1) is 6.04 Å². The molecule has 2 fully saturated rings. The fourth-order valence-corrected chi connectivity index (χ4v) is 3.39. The average molecular weight is 308 g/mol. The molecule has 3 heterocycles. The van der Waals surface area contributed by atoms with Crippen LogP contribution in [0.4, 0.5) is 5.82 Å². The molecule has 1 saturated carbocycles. The zero-order valence-electron chi connectivity index (χ0n) is 12.5. The number of hydrogen-bond acceptors (Lipinski definition) is 5. The zero-order valence-corrected chi connectivity index (χ0v) is 12.5. The highest BCUT2D eigenvalue weighted by Crippen LogP contribution is 2.33. The van der Waals surface area contributed by atoms with E-state index in [0.717, 1.165) is 35.9 Å². The summed E-state index contributed by atoms with van der Waals surface area (Å²) in [5.41, 5.74) is 2.26. The van der Waals surface area contributed by atoms with Crippen LogP contribution in [0.3, 0.4) is 0 Å². The van der Waals surface area contributed by atoms with Gasteiger partial charge in [-0.15, -0.1) is 0 Å². The third-order valence-electron chi connectivity index (χ3n) is 4.64. The number of hydrogen-bond donors (Lipinski definition) is 1. The smallest absolute Gasteiger partial charge is 0.225 e. The van der Waals surface area contributed by atoms with Crippen LogP contribution in [0, 0.1) is 0 Å². The number of likely N-dealkylation sites (tertiary alicyclic amines) is 1. The van der Waals surface area contributed by atoms with Crippen molar-refractivity contribution >= 4 is 33.8 Å². The van der Waals surface area contributed by atoms with Gasteiger partial charge in [0.2, 0.25) is 5.91 Å². The van der Waals surface area contributed by atoms with E-state index in [4.69, 9.17) is 4.42 Å². The van der Waals surface area contributed by atoms with Gasteiger partial charge in [0, 0.05) is 24.4 Å². The number of nitrogens with one attached hydrogen (secondary N) is 1. The molecule has 1 aliphatic carbocycles. The Kier molecular flexibility index (Phi) is 2.62. The van der Waals surface area contributed by atoms with Crippen LogP contribution in [0.25, 0.3) is 22.1 Å². The van der Waals surface area contributed by atoms with E-state index in [1.807, 2.05) is 29.2 Å². The Labute approximate surface area is 132 Å². The second-order valence-electron chi connectivity index (χ2n) is 6.32. The highest BCUT2D eigenvalue weighted by atomic mass is 16.3. The standard InChI is InChI=1S/C17H16N4O2/c22-14-7-10(8-21(14)11-5-6-11)20-17-16-15(18-9-19-17)12-3-1-2-4-13(12)23-16/h1-4,9-11H,5-8H2,(H,18,19,20). The quantitative estimate of drug-likeness (QED) is 0.805. The minimum Gasteiger partial charge on any atom is -0.450 e. The predicted octanol–water partition coefficient (Wildman–Crippen LogP) is 2.55. The number of aromatic nitrogens is 2. The zero-order chi connectivity index (χ0) is 15.4. The van der Waals surface area contributed by atoms with E-state index in [1.165, 1.54) is 0 Å². The van der Waals surface area contributed by atoms with Gasteiger partial charge in [-0.3, -0.25) is 4.79 Å². The maximum absolute atomic E-state index is 12.1. The number of carbonyl (C=O) groups excluding carboxylic acids is 1. The summed E-state index contributed by atoms with van der Waals surface area (Å²) in [5, 5.41) is 4.36. The first-order valence-electron chi connectivity index (χ1n) is 7.98. The highest BCUT2D eigenvalue weighted by Gasteiger charge is 2.39. The van der Waals surface area contributed by atoms with E-state index in [0.29, 0.717) is 23.9 Å². The lowest BCUT2D eigenvalue weighted by Gasteiger charge is -2.16. The van der Waals surface area contributed by atoms with Crippen LogP contribution in [0.2, 0.25) is 0 Å². The van der Waals surface area contributed by atoms with Crippen molar-refractivity contribution in [3.05, 3.63) is 30.6 Å². The summed E-state index contributed by atoms with van der Waals surface area (Å²) in [4.78, 5) is 22.8. The summed E-state index contributed by atoms with van der Waals surface area (Å²) in [6.07, 6.45) is 4.34. The number of carbonyl (C=O) groups is 1. The molecule has 0 spiro atoms. The van der Waals surface area contributed by atoms with E-state index in [-0.39, 0.29) is 11.9 Å². The number of rotatable bonds is 3. The van der Waals surface area contributed by atoms with Gasteiger partial charge in [-0.2, -0.15) is 0 Å². The van der Waals surface area contributed by atoms with Crippen LogP contribution in [0.15, 0.2) is 35.0 Å². The van der Waals surface area contributed by atoms with Gasteiger partial charge < -0.3 is 14.6 Å². The SMILES string of the molecule is O=C1CC(Nc2ncnc3c2oc2ccccc23)CN1C1CC1. The van der Waals surface area contributed by atoms with Gasteiger partial charge in [-0.05, 0) is 25.0 Å². The summed E-state index contributed by atoms with van der Waals surface area (Å²) in [5.74, 6) is 0.904. The molecule has 0 bridgehead atoms. The third kappa shape index (κ3) is 2.05. The van der Waals surface area contributed by atoms with E-state index < -0.39 is 0 Å². The molecule has 116 valence electrons. The summed E-state index contributed by atoms with van der Waals surface area (Å²) in [6, 6.07) is 8.37. The van der Waals surface area contributed by atoms with Gasteiger partial charge >= 0.3 is 0 Å². The van der Waals surface area contributed by atoms with Crippen LogP contribution >= 0.6 is 0 Å². The maximum Gasteiger partial charge on any atom is 0.225 e. The number of benzene rings is 1. The van der Waals surface area contributed by atoms with Crippen LogP contribution in [0.5, 0.6) is 0 Å². The lowest BCUT2D eigenvalue weighted by molar-refractivity contribution is -0.128. The molecule has 5 rings (SSSR count). The second-order valence-corrected chi connectivity index (χ2v) is 6.32.